The lowest BCUT2D eigenvalue weighted by Crippen LogP contribution is -2.18. The van der Waals surface area contributed by atoms with Crippen molar-refractivity contribution in [2.75, 3.05) is 12.3 Å². The molecule has 5 nitrogen and oxygen atoms in total. The largest absolute Gasteiger partial charge is 0.383 e. The average Bonchev–Trinajstić information content (AvgIpc) is 2.39. The number of aromatic nitrogens is 2. The molecule has 4 N–H and O–H groups in total. The summed E-state index contributed by atoms with van der Waals surface area (Å²) in [6.07, 6.45) is 0. The van der Waals surface area contributed by atoms with Crippen LogP contribution in [-0.4, -0.2) is 16.5 Å². The van der Waals surface area contributed by atoms with E-state index in [2.05, 4.69) is 41.3 Å². The van der Waals surface area contributed by atoms with Crippen LogP contribution in [0.5, 0.6) is 0 Å². The minimum Gasteiger partial charge on any atom is -0.383 e. The van der Waals surface area contributed by atoms with Crippen molar-refractivity contribution in [2.24, 2.45) is 5.92 Å². The Balaban J connectivity index is 1.97. The first kappa shape index (κ1) is 15.6. The SMILES string of the molecule is CC(C)CNCc1ccc(Sc2nc(N)cc(=O)[nH]2)cc1. The molecule has 1 aromatic heterocycles. The number of benzene rings is 1. The van der Waals surface area contributed by atoms with E-state index < -0.39 is 0 Å². The third kappa shape index (κ3) is 5.24. The molecule has 1 heterocycles. The number of rotatable bonds is 6. The fourth-order valence-corrected chi connectivity index (χ4v) is 2.59. The van der Waals surface area contributed by atoms with Crippen LogP contribution in [-0.2, 0) is 6.54 Å². The number of nitrogens with one attached hydrogen (secondary N) is 2. The Bertz CT molecular complexity index is 637. The topological polar surface area (TPSA) is 83.8 Å². The predicted octanol–water partition coefficient (Wildman–Crippen LogP) is 2.25. The molecule has 0 aliphatic rings. The van der Waals surface area contributed by atoms with Crippen LogP contribution in [0.1, 0.15) is 19.4 Å². The minimum atomic E-state index is -0.237. The summed E-state index contributed by atoms with van der Waals surface area (Å²) in [6.45, 7) is 6.24. The first-order valence-corrected chi connectivity index (χ1v) is 7.69. The fourth-order valence-electron chi connectivity index (χ4n) is 1.79. The normalized spacial score (nSPS) is 11.0. The lowest BCUT2D eigenvalue weighted by molar-refractivity contribution is 0.552. The molecule has 0 aliphatic carbocycles. The molecule has 0 aliphatic heterocycles. The number of aromatic amines is 1. The van der Waals surface area contributed by atoms with Gasteiger partial charge in [-0.2, -0.15) is 0 Å². The summed E-state index contributed by atoms with van der Waals surface area (Å²) in [7, 11) is 0. The molecule has 0 unspecified atom stereocenters. The second-order valence-corrected chi connectivity index (χ2v) is 6.31. The summed E-state index contributed by atoms with van der Waals surface area (Å²) in [4.78, 5) is 19.1. The van der Waals surface area contributed by atoms with Crippen molar-refractivity contribution in [3.63, 3.8) is 0 Å². The molecule has 0 saturated heterocycles. The van der Waals surface area contributed by atoms with Crippen LogP contribution >= 0.6 is 11.8 Å². The van der Waals surface area contributed by atoms with E-state index >= 15 is 0 Å². The summed E-state index contributed by atoms with van der Waals surface area (Å²) in [5, 5.41) is 3.91. The third-order valence-corrected chi connectivity index (χ3v) is 3.65. The van der Waals surface area contributed by atoms with Crippen LogP contribution in [0.2, 0.25) is 0 Å². The Labute approximate surface area is 128 Å². The second-order valence-electron chi connectivity index (χ2n) is 5.25. The molecule has 1 aromatic carbocycles. The Kier molecular flexibility index (Phi) is 5.41. The average molecular weight is 304 g/mol. The highest BCUT2D eigenvalue weighted by Crippen LogP contribution is 2.24. The standard InChI is InChI=1S/C15H20N4OS/c1-10(2)8-17-9-11-3-5-12(6-4-11)21-15-18-13(16)7-14(20)19-15/h3-7,10,17H,8-9H2,1-2H3,(H3,16,18,19,20). The molecule has 0 atom stereocenters. The number of nitrogen functional groups attached to an aromatic ring is 1. The van der Waals surface area contributed by atoms with Gasteiger partial charge in [0.25, 0.3) is 5.56 Å². The number of nitrogens with zero attached hydrogens (tertiary/aromatic N) is 1. The molecule has 0 spiro atoms. The van der Waals surface area contributed by atoms with Gasteiger partial charge in [0.15, 0.2) is 5.16 Å². The van der Waals surface area contributed by atoms with Crippen LogP contribution in [0.15, 0.2) is 45.2 Å². The molecule has 2 aromatic rings. The number of H-pyrrole nitrogens is 1. The van der Waals surface area contributed by atoms with Gasteiger partial charge in [0.05, 0.1) is 0 Å². The lowest BCUT2D eigenvalue weighted by atomic mass is 10.2. The van der Waals surface area contributed by atoms with Gasteiger partial charge in [-0.3, -0.25) is 4.79 Å². The van der Waals surface area contributed by atoms with Crippen molar-refractivity contribution in [1.29, 1.82) is 0 Å². The molecule has 2 rings (SSSR count). The zero-order valence-corrected chi connectivity index (χ0v) is 13.0. The van der Waals surface area contributed by atoms with Crippen molar-refractivity contribution >= 4 is 17.6 Å². The van der Waals surface area contributed by atoms with Crippen molar-refractivity contribution in [1.82, 2.24) is 15.3 Å². The molecular formula is C15H20N4OS. The van der Waals surface area contributed by atoms with Gasteiger partial charge >= 0.3 is 0 Å². The van der Waals surface area contributed by atoms with Crippen LogP contribution in [0.3, 0.4) is 0 Å². The smallest absolute Gasteiger partial charge is 0.253 e. The molecule has 0 bridgehead atoms. The van der Waals surface area contributed by atoms with Crippen molar-refractivity contribution in [3.05, 3.63) is 46.2 Å². The Hall–Kier alpha value is -1.79. The third-order valence-electron chi connectivity index (χ3n) is 2.76. The highest BCUT2D eigenvalue weighted by atomic mass is 32.2. The van der Waals surface area contributed by atoms with Gasteiger partial charge in [0, 0.05) is 17.5 Å². The fraction of sp³-hybridized carbons (Fsp3) is 0.333. The number of anilines is 1. The highest BCUT2D eigenvalue weighted by molar-refractivity contribution is 7.99. The molecule has 0 amide bonds. The summed E-state index contributed by atoms with van der Waals surface area (Å²) in [5.41, 5.74) is 6.56. The Morgan fingerprint density at radius 3 is 2.67 bits per heavy atom. The maximum absolute atomic E-state index is 11.3. The van der Waals surface area contributed by atoms with Gasteiger partial charge in [-0.1, -0.05) is 37.7 Å². The van der Waals surface area contributed by atoms with Gasteiger partial charge in [0.1, 0.15) is 5.82 Å². The molecular weight excluding hydrogens is 284 g/mol. The molecule has 0 radical (unpaired) electrons. The van der Waals surface area contributed by atoms with Gasteiger partial charge in [-0.05, 0) is 30.2 Å². The van der Waals surface area contributed by atoms with E-state index in [-0.39, 0.29) is 11.4 Å². The second kappa shape index (κ2) is 7.28. The zero-order valence-electron chi connectivity index (χ0n) is 12.2. The van der Waals surface area contributed by atoms with Gasteiger partial charge in [-0.15, -0.1) is 0 Å². The molecule has 0 saturated carbocycles. The lowest BCUT2D eigenvalue weighted by Gasteiger charge is -2.08. The number of hydrogen-bond acceptors (Lipinski definition) is 5. The van der Waals surface area contributed by atoms with Gasteiger partial charge in [-0.25, -0.2) is 4.98 Å². The van der Waals surface area contributed by atoms with E-state index in [1.807, 2.05) is 12.1 Å². The summed E-state index contributed by atoms with van der Waals surface area (Å²) in [5.74, 6) is 0.877. The maximum atomic E-state index is 11.3. The van der Waals surface area contributed by atoms with E-state index in [1.165, 1.54) is 23.4 Å². The molecule has 112 valence electrons. The van der Waals surface area contributed by atoms with E-state index in [9.17, 15) is 4.79 Å². The number of hydrogen-bond donors (Lipinski definition) is 3. The maximum Gasteiger partial charge on any atom is 0.253 e. The molecule has 21 heavy (non-hydrogen) atoms. The van der Waals surface area contributed by atoms with Gasteiger partial charge < -0.3 is 16.0 Å². The minimum absolute atomic E-state index is 0.232. The van der Waals surface area contributed by atoms with Crippen molar-refractivity contribution < 1.29 is 0 Å². The van der Waals surface area contributed by atoms with E-state index in [1.54, 1.807) is 0 Å². The van der Waals surface area contributed by atoms with Crippen LogP contribution < -0.4 is 16.6 Å². The van der Waals surface area contributed by atoms with Crippen LogP contribution in [0, 0.1) is 5.92 Å². The number of nitrogens with two attached hydrogens (primary N) is 1. The van der Waals surface area contributed by atoms with E-state index in [0.29, 0.717) is 11.1 Å². The monoisotopic (exact) mass is 304 g/mol. The Morgan fingerprint density at radius 2 is 2.05 bits per heavy atom. The Morgan fingerprint density at radius 1 is 1.33 bits per heavy atom. The van der Waals surface area contributed by atoms with Crippen LogP contribution in [0.4, 0.5) is 5.82 Å². The first-order valence-electron chi connectivity index (χ1n) is 6.87. The summed E-state index contributed by atoms with van der Waals surface area (Å²) in [6, 6.07) is 9.44. The molecule has 6 heteroatoms. The first-order chi connectivity index (χ1) is 10.0. The van der Waals surface area contributed by atoms with Crippen molar-refractivity contribution in [3.8, 4) is 0 Å². The highest BCUT2D eigenvalue weighted by Gasteiger charge is 2.02. The van der Waals surface area contributed by atoms with Gasteiger partial charge in [0.2, 0.25) is 0 Å². The van der Waals surface area contributed by atoms with E-state index in [4.69, 9.17) is 5.73 Å². The van der Waals surface area contributed by atoms with Crippen molar-refractivity contribution in [2.45, 2.75) is 30.4 Å². The van der Waals surface area contributed by atoms with E-state index in [0.717, 1.165) is 18.0 Å². The predicted molar refractivity (Wildman–Crippen MR) is 86.4 cm³/mol. The molecule has 0 fully saturated rings. The quantitative estimate of drug-likeness (QED) is 0.713. The summed E-state index contributed by atoms with van der Waals surface area (Å²) >= 11 is 1.39. The summed E-state index contributed by atoms with van der Waals surface area (Å²) < 4.78 is 0. The zero-order chi connectivity index (χ0) is 15.2. The van der Waals surface area contributed by atoms with Crippen LogP contribution in [0.25, 0.3) is 0 Å².